The summed E-state index contributed by atoms with van der Waals surface area (Å²) < 4.78 is 10.3. The summed E-state index contributed by atoms with van der Waals surface area (Å²) in [5, 5.41) is 19.5. The first-order valence-corrected chi connectivity index (χ1v) is 6.19. The molecule has 0 saturated carbocycles. The Labute approximate surface area is 119 Å². The second-order valence-corrected chi connectivity index (χ2v) is 5.02. The highest BCUT2D eigenvalue weighted by Gasteiger charge is 2.44. The van der Waals surface area contributed by atoms with Crippen LogP contribution in [0.2, 0.25) is 0 Å². The van der Waals surface area contributed by atoms with E-state index in [4.69, 9.17) is 9.47 Å². The van der Waals surface area contributed by atoms with Gasteiger partial charge in [-0.15, -0.1) is 0 Å². The zero-order chi connectivity index (χ0) is 15.4. The molecule has 108 valence electrons. The minimum Gasteiger partial charge on any atom is -0.507 e. The minimum absolute atomic E-state index is 0.0258. The standard InChI is InChI=1S/C15H12O6/c1-15-6-12(18)10(16)5-9(15)8-3-7(20-2)4-11(17)13(8)14(19)21-15/h3-6,17-18H,1-2H3/t15-/m1/s1. The first kappa shape index (κ1) is 13.2. The number of benzene rings is 1. The lowest BCUT2D eigenvalue weighted by atomic mass is 9.80. The van der Waals surface area contributed by atoms with E-state index in [0.29, 0.717) is 16.9 Å². The van der Waals surface area contributed by atoms with Crippen LogP contribution < -0.4 is 4.74 Å². The molecule has 0 aromatic heterocycles. The van der Waals surface area contributed by atoms with Crippen LogP contribution in [0.5, 0.6) is 11.5 Å². The highest BCUT2D eigenvalue weighted by Crippen LogP contribution is 2.45. The lowest BCUT2D eigenvalue weighted by molar-refractivity contribution is -0.114. The third-order valence-electron chi connectivity index (χ3n) is 3.60. The number of aliphatic hydroxyl groups excluding tert-OH is 1. The molecule has 6 heteroatoms. The molecule has 21 heavy (non-hydrogen) atoms. The van der Waals surface area contributed by atoms with E-state index in [0.717, 1.165) is 0 Å². The fourth-order valence-corrected chi connectivity index (χ4v) is 2.58. The molecule has 1 aromatic rings. The molecule has 0 radical (unpaired) electrons. The Bertz CT molecular complexity index is 743. The predicted molar refractivity (Wildman–Crippen MR) is 72.2 cm³/mol. The molecule has 0 spiro atoms. The van der Waals surface area contributed by atoms with Gasteiger partial charge < -0.3 is 19.7 Å². The number of allylic oxidation sites excluding steroid dienone is 1. The van der Waals surface area contributed by atoms with Gasteiger partial charge in [0.05, 0.1) is 7.11 Å². The highest BCUT2D eigenvalue weighted by atomic mass is 16.6. The third-order valence-corrected chi connectivity index (χ3v) is 3.60. The van der Waals surface area contributed by atoms with E-state index in [2.05, 4.69) is 0 Å². The number of hydrogen-bond acceptors (Lipinski definition) is 6. The Morgan fingerprint density at radius 2 is 1.95 bits per heavy atom. The van der Waals surface area contributed by atoms with Crippen LogP contribution in [-0.4, -0.2) is 34.7 Å². The number of rotatable bonds is 1. The summed E-state index contributed by atoms with van der Waals surface area (Å²) in [5.41, 5.74) is -0.556. The highest BCUT2D eigenvalue weighted by molar-refractivity contribution is 6.14. The van der Waals surface area contributed by atoms with Gasteiger partial charge in [-0.2, -0.15) is 0 Å². The number of phenolic OH excluding ortho intramolecular Hbond substituents is 1. The molecular weight excluding hydrogens is 276 g/mol. The van der Waals surface area contributed by atoms with Crippen LogP contribution >= 0.6 is 0 Å². The van der Waals surface area contributed by atoms with Crippen LogP contribution in [0.3, 0.4) is 0 Å². The van der Waals surface area contributed by atoms with Crippen molar-refractivity contribution in [3.05, 3.63) is 41.2 Å². The van der Waals surface area contributed by atoms with Crippen LogP contribution in [0, 0.1) is 0 Å². The average molecular weight is 288 g/mol. The van der Waals surface area contributed by atoms with Crippen molar-refractivity contribution in [2.24, 2.45) is 0 Å². The molecule has 1 aromatic carbocycles. The minimum atomic E-state index is -1.26. The van der Waals surface area contributed by atoms with E-state index in [1.54, 1.807) is 13.0 Å². The van der Waals surface area contributed by atoms with E-state index in [9.17, 15) is 19.8 Å². The Hall–Kier alpha value is -2.76. The van der Waals surface area contributed by atoms with Crippen molar-refractivity contribution in [2.75, 3.05) is 7.11 Å². The number of carbonyl (C=O) groups is 2. The number of aliphatic hydroxyl groups is 1. The van der Waals surface area contributed by atoms with E-state index in [-0.39, 0.29) is 11.3 Å². The lowest BCUT2D eigenvalue weighted by Crippen LogP contribution is -2.39. The van der Waals surface area contributed by atoms with Gasteiger partial charge in [-0.05, 0) is 19.1 Å². The molecule has 1 aliphatic carbocycles. The second-order valence-electron chi connectivity index (χ2n) is 5.02. The number of phenols is 1. The first-order chi connectivity index (χ1) is 9.85. The summed E-state index contributed by atoms with van der Waals surface area (Å²) >= 11 is 0. The van der Waals surface area contributed by atoms with Crippen molar-refractivity contribution in [3.63, 3.8) is 0 Å². The number of fused-ring (bicyclic) bond motifs is 3. The largest absolute Gasteiger partial charge is 0.507 e. The molecule has 0 unspecified atom stereocenters. The molecular formula is C15H12O6. The van der Waals surface area contributed by atoms with E-state index in [1.165, 1.54) is 25.3 Å². The van der Waals surface area contributed by atoms with Crippen molar-refractivity contribution in [1.29, 1.82) is 0 Å². The molecule has 0 saturated heterocycles. The Morgan fingerprint density at radius 3 is 2.62 bits per heavy atom. The van der Waals surface area contributed by atoms with Crippen molar-refractivity contribution in [2.45, 2.75) is 12.5 Å². The maximum Gasteiger partial charge on any atom is 0.343 e. The van der Waals surface area contributed by atoms with Crippen molar-refractivity contribution in [1.82, 2.24) is 0 Å². The van der Waals surface area contributed by atoms with Crippen LogP contribution in [-0.2, 0) is 9.53 Å². The molecule has 6 nitrogen and oxygen atoms in total. The van der Waals surface area contributed by atoms with E-state index >= 15 is 0 Å². The molecule has 3 rings (SSSR count). The van der Waals surface area contributed by atoms with Crippen LogP contribution in [0.4, 0.5) is 0 Å². The smallest absolute Gasteiger partial charge is 0.343 e. The number of aromatic hydroxyl groups is 1. The summed E-state index contributed by atoms with van der Waals surface area (Å²) in [6.45, 7) is 1.55. The number of ketones is 1. The fourth-order valence-electron chi connectivity index (χ4n) is 2.58. The number of hydrogen-bond donors (Lipinski definition) is 2. The Morgan fingerprint density at radius 1 is 1.24 bits per heavy atom. The maximum atomic E-state index is 12.1. The van der Waals surface area contributed by atoms with Gasteiger partial charge in [0.2, 0.25) is 5.78 Å². The van der Waals surface area contributed by atoms with Gasteiger partial charge in [0.1, 0.15) is 17.1 Å². The van der Waals surface area contributed by atoms with Crippen molar-refractivity contribution in [3.8, 4) is 11.5 Å². The molecule has 1 atom stereocenters. The molecule has 2 N–H and O–H groups in total. The topological polar surface area (TPSA) is 93.1 Å². The molecule has 0 fully saturated rings. The van der Waals surface area contributed by atoms with Crippen molar-refractivity contribution >= 4 is 17.3 Å². The fraction of sp³-hybridized carbons (Fsp3) is 0.200. The Kier molecular flexibility index (Phi) is 2.59. The maximum absolute atomic E-state index is 12.1. The quantitative estimate of drug-likeness (QED) is 0.764. The average Bonchev–Trinajstić information content (AvgIpc) is 2.40. The number of ether oxygens (including phenoxy) is 2. The summed E-state index contributed by atoms with van der Waals surface area (Å²) in [7, 11) is 1.42. The zero-order valence-electron chi connectivity index (χ0n) is 11.3. The van der Waals surface area contributed by atoms with Gasteiger partial charge in [-0.25, -0.2) is 4.79 Å². The van der Waals surface area contributed by atoms with E-state index < -0.39 is 23.1 Å². The van der Waals surface area contributed by atoms with Crippen LogP contribution in [0.25, 0.3) is 5.57 Å². The van der Waals surface area contributed by atoms with Gasteiger partial charge in [0.25, 0.3) is 0 Å². The summed E-state index contributed by atoms with van der Waals surface area (Å²) in [5.74, 6) is -1.75. The van der Waals surface area contributed by atoms with Gasteiger partial charge in [-0.3, -0.25) is 4.79 Å². The molecule has 0 amide bonds. The van der Waals surface area contributed by atoms with Gasteiger partial charge >= 0.3 is 5.97 Å². The second kappa shape index (κ2) is 4.12. The monoisotopic (exact) mass is 288 g/mol. The third kappa shape index (κ3) is 1.79. The van der Waals surface area contributed by atoms with Crippen molar-refractivity contribution < 1.29 is 29.3 Å². The van der Waals surface area contributed by atoms with Gasteiger partial charge in [0, 0.05) is 23.3 Å². The lowest BCUT2D eigenvalue weighted by Gasteiger charge is -2.36. The molecule has 2 aliphatic rings. The normalized spacial score (nSPS) is 23.5. The van der Waals surface area contributed by atoms with Gasteiger partial charge in [0.15, 0.2) is 11.4 Å². The SMILES string of the molecule is COc1cc(O)c2c(c1)C1=CC(=O)C(O)=C[C@@]1(C)OC2=O. The summed E-state index contributed by atoms with van der Waals surface area (Å²) in [6.07, 6.45) is 2.38. The molecule has 1 aliphatic heterocycles. The van der Waals surface area contributed by atoms with E-state index in [1.807, 2.05) is 0 Å². The number of esters is 1. The number of carbonyl (C=O) groups excluding carboxylic acids is 2. The summed E-state index contributed by atoms with van der Waals surface area (Å²) in [4.78, 5) is 23.8. The molecule has 0 bridgehead atoms. The summed E-state index contributed by atoms with van der Waals surface area (Å²) in [6, 6.07) is 2.84. The van der Waals surface area contributed by atoms with Crippen LogP contribution in [0.1, 0.15) is 22.8 Å². The van der Waals surface area contributed by atoms with Crippen LogP contribution in [0.15, 0.2) is 30.0 Å². The first-order valence-electron chi connectivity index (χ1n) is 6.19. The molecule has 1 heterocycles. The predicted octanol–water partition coefficient (Wildman–Crippen LogP) is 1.74. The Balaban J connectivity index is 2.31. The zero-order valence-corrected chi connectivity index (χ0v) is 11.3. The number of methoxy groups -OCH3 is 1. The van der Waals surface area contributed by atoms with Gasteiger partial charge in [-0.1, -0.05) is 0 Å².